The summed E-state index contributed by atoms with van der Waals surface area (Å²) in [4.78, 5) is 11.3. The van der Waals surface area contributed by atoms with Crippen LogP contribution in [0.4, 0.5) is 0 Å². The number of hydrogen-bond acceptors (Lipinski definition) is 5. The number of pyridine rings is 1. The van der Waals surface area contributed by atoms with Crippen LogP contribution in [0.2, 0.25) is 0 Å². The SMILES string of the molecule is CN=C(NCCCN1CCC(C)CC1)NCc1ccc(Oc2cccc(OC)c2)nc1.I. The maximum atomic E-state index is 5.79. The van der Waals surface area contributed by atoms with Gasteiger partial charge in [0.1, 0.15) is 11.5 Å². The average Bonchev–Trinajstić information content (AvgIpc) is 2.81. The number of ether oxygens (including phenoxy) is 2. The van der Waals surface area contributed by atoms with Crippen molar-refractivity contribution >= 4 is 29.9 Å². The van der Waals surface area contributed by atoms with E-state index in [4.69, 9.17) is 9.47 Å². The third-order valence-corrected chi connectivity index (χ3v) is 5.56. The number of guanidine groups is 1. The number of aromatic nitrogens is 1. The first-order valence-corrected chi connectivity index (χ1v) is 11.1. The van der Waals surface area contributed by atoms with Crippen LogP contribution < -0.4 is 20.1 Å². The zero-order chi connectivity index (χ0) is 21.9. The Morgan fingerprint density at radius 3 is 2.62 bits per heavy atom. The van der Waals surface area contributed by atoms with Crippen LogP contribution in [-0.2, 0) is 6.54 Å². The summed E-state index contributed by atoms with van der Waals surface area (Å²) in [5.74, 6) is 3.69. The lowest BCUT2D eigenvalue weighted by Gasteiger charge is -2.30. The Morgan fingerprint density at radius 2 is 1.94 bits per heavy atom. The second kappa shape index (κ2) is 14.2. The third kappa shape index (κ3) is 8.82. The molecule has 2 aromatic rings. The van der Waals surface area contributed by atoms with Gasteiger partial charge < -0.3 is 25.0 Å². The standard InChI is InChI=1S/C24H35N5O2.HI/c1-19-10-14-29(15-11-19)13-5-12-26-24(25-2)28-18-20-8-9-23(27-17-20)31-22-7-4-6-21(16-22)30-3;/h4,6-9,16-17,19H,5,10-15,18H2,1-3H3,(H2,25,26,28);1H. The van der Waals surface area contributed by atoms with E-state index in [-0.39, 0.29) is 24.0 Å². The maximum Gasteiger partial charge on any atom is 0.219 e. The fourth-order valence-corrected chi connectivity index (χ4v) is 3.56. The van der Waals surface area contributed by atoms with E-state index >= 15 is 0 Å². The highest BCUT2D eigenvalue weighted by atomic mass is 127. The summed E-state index contributed by atoms with van der Waals surface area (Å²) in [5, 5.41) is 6.74. The molecule has 0 saturated carbocycles. The first-order valence-electron chi connectivity index (χ1n) is 11.1. The van der Waals surface area contributed by atoms with Gasteiger partial charge in [0.05, 0.1) is 7.11 Å². The molecule has 1 aromatic heterocycles. The summed E-state index contributed by atoms with van der Waals surface area (Å²) in [7, 11) is 3.43. The molecule has 1 fully saturated rings. The highest BCUT2D eigenvalue weighted by Gasteiger charge is 2.14. The number of hydrogen-bond donors (Lipinski definition) is 2. The minimum atomic E-state index is 0. The second-order valence-corrected chi connectivity index (χ2v) is 8.02. The molecule has 0 atom stereocenters. The molecule has 0 spiro atoms. The molecular formula is C24H36IN5O2. The average molecular weight is 553 g/mol. The van der Waals surface area contributed by atoms with E-state index in [1.165, 1.54) is 25.9 Å². The number of benzene rings is 1. The fraction of sp³-hybridized carbons (Fsp3) is 0.500. The van der Waals surface area contributed by atoms with Crippen LogP contribution in [0.3, 0.4) is 0 Å². The number of methoxy groups -OCH3 is 1. The van der Waals surface area contributed by atoms with E-state index in [1.807, 2.05) is 42.6 Å². The first-order chi connectivity index (χ1) is 15.2. The molecule has 0 bridgehead atoms. The molecule has 2 heterocycles. The summed E-state index contributed by atoms with van der Waals surface area (Å²) >= 11 is 0. The van der Waals surface area contributed by atoms with Crippen LogP contribution in [-0.4, -0.2) is 56.2 Å². The van der Waals surface area contributed by atoms with Gasteiger partial charge in [-0.25, -0.2) is 4.98 Å². The van der Waals surface area contributed by atoms with Crippen molar-refractivity contribution in [1.82, 2.24) is 20.5 Å². The molecule has 2 N–H and O–H groups in total. The molecule has 3 rings (SSSR count). The van der Waals surface area contributed by atoms with Gasteiger partial charge in [0, 0.05) is 38.5 Å². The Hall–Kier alpha value is -2.07. The Bertz CT molecular complexity index is 823. The van der Waals surface area contributed by atoms with Crippen molar-refractivity contribution in [2.75, 3.05) is 40.3 Å². The van der Waals surface area contributed by atoms with Crippen LogP contribution in [0.25, 0.3) is 0 Å². The summed E-state index contributed by atoms with van der Waals surface area (Å²) in [6.07, 6.45) is 5.59. The van der Waals surface area contributed by atoms with Crippen LogP contribution in [0.1, 0.15) is 31.7 Å². The lowest BCUT2D eigenvalue weighted by atomic mass is 9.99. The van der Waals surface area contributed by atoms with Crippen LogP contribution in [0.15, 0.2) is 47.6 Å². The highest BCUT2D eigenvalue weighted by molar-refractivity contribution is 14.0. The summed E-state index contributed by atoms with van der Waals surface area (Å²) in [6, 6.07) is 11.3. The zero-order valence-corrected chi connectivity index (χ0v) is 21.7. The number of likely N-dealkylation sites (tertiary alicyclic amines) is 1. The Balaban J connectivity index is 0.00000363. The van der Waals surface area contributed by atoms with Gasteiger partial charge in [-0.1, -0.05) is 19.1 Å². The molecule has 0 aliphatic carbocycles. The van der Waals surface area contributed by atoms with E-state index < -0.39 is 0 Å². The zero-order valence-electron chi connectivity index (χ0n) is 19.3. The van der Waals surface area contributed by atoms with E-state index in [1.54, 1.807) is 14.2 Å². The molecule has 1 aromatic carbocycles. The smallest absolute Gasteiger partial charge is 0.219 e. The number of nitrogens with one attached hydrogen (secondary N) is 2. The van der Waals surface area contributed by atoms with Gasteiger partial charge in [0.2, 0.25) is 5.88 Å². The number of rotatable bonds is 9. The lowest BCUT2D eigenvalue weighted by Crippen LogP contribution is -2.39. The molecular weight excluding hydrogens is 517 g/mol. The van der Waals surface area contributed by atoms with Crippen molar-refractivity contribution in [2.24, 2.45) is 10.9 Å². The Morgan fingerprint density at radius 1 is 1.16 bits per heavy atom. The molecule has 8 heteroatoms. The van der Waals surface area contributed by atoms with Crippen LogP contribution in [0, 0.1) is 5.92 Å². The molecule has 1 aliphatic heterocycles. The molecule has 1 aliphatic rings. The largest absolute Gasteiger partial charge is 0.497 e. The van der Waals surface area contributed by atoms with Gasteiger partial charge in [-0.2, -0.15) is 0 Å². The van der Waals surface area contributed by atoms with E-state index in [2.05, 4.69) is 32.4 Å². The van der Waals surface area contributed by atoms with Crippen molar-refractivity contribution in [3.05, 3.63) is 48.2 Å². The minimum Gasteiger partial charge on any atom is -0.497 e. The van der Waals surface area contributed by atoms with Crippen molar-refractivity contribution in [1.29, 1.82) is 0 Å². The number of halogens is 1. The topological polar surface area (TPSA) is 71.0 Å². The van der Waals surface area contributed by atoms with E-state index in [0.717, 1.165) is 42.7 Å². The summed E-state index contributed by atoms with van der Waals surface area (Å²) in [6.45, 7) is 7.53. The monoisotopic (exact) mass is 553 g/mol. The molecule has 1 saturated heterocycles. The highest BCUT2D eigenvalue weighted by Crippen LogP contribution is 2.23. The Labute approximate surface area is 209 Å². The van der Waals surface area contributed by atoms with E-state index in [9.17, 15) is 0 Å². The van der Waals surface area contributed by atoms with Crippen molar-refractivity contribution in [2.45, 2.75) is 32.7 Å². The van der Waals surface area contributed by atoms with Gasteiger partial charge in [0.15, 0.2) is 5.96 Å². The molecule has 0 unspecified atom stereocenters. The van der Waals surface area contributed by atoms with Crippen molar-refractivity contribution in [3.8, 4) is 17.4 Å². The van der Waals surface area contributed by atoms with Gasteiger partial charge in [-0.05, 0) is 62.5 Å². The number of nitrogens with zero attached hydrogens (tertiary/aromatic N) is 3. The minimum absolute atomic E-state index is 0. The molecule has 0 radical (unpaired) electrons. The van der Waals surface area contributed by atoms with Gasteiger partial charge in [-0.3, -0.25) is 4.99 Å². The summed E-state index contributed by atoms with van der Waals surface area (Å²) in [5.41, 5.74) is 1.06. The quantitative estimate of drug-likeness (QED) is 0.209. The molecule has 32 heavy (non-hydrogen) atoms. The molecule has 0 amide bonds. The van der Waals surface area contributed by atoms with Gasteiger partial charge in [-0.15, -0.1) is 24.0 Å². The second-order valence-electron chi connectivity index (χ2n) is 8.02. The van der Waals surface area contributed by atoms with Crippen molar-refractivity contribution in [3.63, 3.8) is 0 Å². The normalized spacial score (nSPS) is 15.0. The molecule has 176 valence electrons. The van der Waals surface area contributed by atoms with Gasteiger partial charge in [0.25, 0.3) is 0 Å². The van der Waals surface area contributed by atoms with Crippen LogP contribution >= 0.6 is 24.0 Å². The summed E-state index contributed by atoms with van der Waals surface area (Å²) < 4.78 is 11.0. The third-order valence-electron chi connectivity index (χ3n) is 5.56. The Kier molecular flexibility index (Phi) is 11.6. The predicted octanol–water partition coefficient (Wildman–Crippen LogP) is 4.29. The maximum absolute atomic E-state index is 5.79. The fourth-order valence-electron chi connectivity index (χ4n) is 3.56. The predicted molar refractivity (Wildman–Crippen MR) is 140 cm³/mol. The number of piperidine rings is 1. The van der Waals surface area contributed by atoms with Gasteiger partial charge >= 0.3 is 0 Å². The van der Waals surface area contributed by atoms with Crippen molar-refractivity contribution < 1.29 is 9.47 Å². The first kappa shape index (κ1) is 26.2. The van der Waals surface area contributed by atoms with E-state index in [0.29, 0.717) is 18.2 Å². The number of aliphatic imine (C=N–C) groups is 1. The van der Waals surface area contributed by atoms with Crippen LogP contribution in [0.5, 0.6) is 17.4 Å². The lowest BCUT2D eigenvalue weighted by molar-refractivity contribution is 0.191. The molecule has 7 nitrogen and oxygen atoms in total.